The summed E-state index contributed by atoms with van der Waals surface area (Å²) in [6.45, 7) is 2.32. The first-order valence-electron chi connectivity index (χ1n) is 9.65. The Morgan fingerprint density at radius 1 is 1.04 bits per heavy atom. The minimum absolute atomic E-state index is 0.160. The molecule has 0 saturated heterocycles. The highest BCUT2D eigenvalue weighted by atomic mass is 35.5. The molecule has 3 N–H and O–H groups in total. The summed E-state index contributed by atoms with van der Waals surface area (Å²) < 4.78 is 0. The summed E-state index contributed by atoms with van der Waals surface area (Å²) in [5.74, 6) is -0.160. The van der Waals surface area contributed by atoms with Crippen molar-refractivity contribution >= 4 is 23.5 Å². The Bertz CT molecular complexity index is 820. The van der Waals surface area contributed by atoms with E-state index in [2.05, 4.69) is 16.0 Å². The summed E-state index contributed by atoms with van der Waals surface area (Å²) >= 11 is 6.25. The highest BCUT2D eigenvalue weighted by Gasteiger charge is 2.43. The normalized spacial score (nSPS) is 16.2. The lowest BCUT2D eigenvalue weighted by Gasteiger charge is -2.31. The van der Waals surface area contributed by atoms with Gasteiger partial charge in [0.2, 0.25) is 5.91 Å². The Kier molecular flexibility index (Phi) is 6.57. The third-order valence-electron chi connectivity index (χ3n) is 5.26. The van der Waals surface area contributed by atoms with Crippen molar-refractivity contribution in [1.29, 1.82) is 0 Å². The SMILES string of the molecule is CC(NC(=O)C1(NC(=O)NCc2ccccc2)CCCC1)c1ccccc1Cl. The molecule has 1 fully saturated rings. The van der Waals surface area contributed by atoms with Crippen LogP contribution in [-0.4, -0.2) is 17.5 Å². The van der Waals surface area contributed by atoms with Crippen LogP contribution in [0.25, 0.3) is 0 Å². The zero-order valence-electron chi connectivity index (χ0n) is 16.0. The van der Waals surface area contributed by atoms with Crippen LogP contribution >= 0.6 is 11.6 Å². The smallest absolute Gasteiger partial charge is 0.315 e. The van der Waals surface area contributed by atoms with Gasteiger partial charge in [0.25, 0.3) is 0 Å². The van der Waals surface area contributed by atoms with Crippen LogP contribution in [0.15, 0.2) is 54.6 Å². The highest BCUT2D eigenvalue weighted by molar-refractivity contribution is 6.31. The molecule has 1 aliphatic carbocycles. The molecule has 28 heavy (non-hydrogen) atoms. The van der Waals surface area contributed by atoms with Crippen LogP contribution in [0.1, 0.15) is 49.8 Å². The number of amides is 3. The first-order valence-corrected chi connectivity index (χ1v) is 10.0. The van der Waals surface area contributed by atoms with E-state index in [1.54, 1.807) is 6.07 Å². The summed E-state index contributed by atoms with van der Waals surface area (Å²) in [4.78, 5) is 25.5. The van der Waals surface area contributed by atoms with Crippen molar-refractivity contribution in [3.05, 3.63) is 70.7 Å². The summed E-state index contributed by atoms with van der Waals surface area (Å²) in [5.41, 5.74) is 0.991. The molecule has 0 aromatic heterocycles. The van der Waals surface area contributed by atoms with E-state index in [9.17, 15) is 9.59 Å². The molecular formula is C22H26ClN3O2. The summed E-state index contributed by atoms with van der Waals surface area (Å²) in [5, 5.41) is 9.44. The molecule has 3 amide bonds. The van der Waals surface area contributed by atoms with Gasteiger partial charge in [-0.1, -0.05) is 73.0 Å². The molecule has 0 bridgehead atoms. The monoisotopic (exact) mass is 399 g/mol. The van der Waals surface area contributed by atoms with E-state index in [0.717, 1.165) is 24.0 Å². The molecular weight excluding hydrogens is 374 g/mol. The van der Waals surface area contributed by atoms with Crippen molar-refractivity contribution in [2.45, 2.75) is 50.7 Å². The van der Waals surface area contributed by atoms with Crippen LogP contribution in [0.4, 0.5) is 4.79 Å². The summed E-state index contributed by atoms with van der Waals surface area (Å²) in [7, 11) is 0. The largest absolute Gasteiger partial charge is 0.347 e. The number of carbonyl (C=O) groups excluding carboxylic acids is 2. The highest BCUT2D eigenvalue weighted by Crippen LogP contribution is 2.31. The molecule has 0 radical (unpaired) electrons. The molecule has 6 heteroatoms. The zero-order chi connectivity index (χ0) is 20.0. The number of nitrogens with one attached hydrogen (secondary N) is 3. The number of benzene rings is 2. The van der Waals surface area contributed by atoms with Gasteiger partial charge < -0.3 is 16.0 Å². The average molecular weight is 400 g/mol. The molecule has 1 saturated carbocycles. The van der Waals surface area contributed by atoms with Crippen LogP contribution < -0.4 is 16.0 Å². The van der Waals surface area contributed by atoms with E-state index in [1.165, 1.54) is 0 Å². The summed E-state index contributed by atoms with van der Waals surface area (Å²) in [6, 6.07) is 16.6. The van der Waals surface area contributed by atoms with Gasteiger partial charge in [0.05, 0.1) is 6.04 Å². The maximum absolute atomic E-state index is 13.1. The number of urea groups is 1. The lowest BCUT2D eigenvalue weighted by atomic mass is 9.95. The van der Waals surface area contributed by atoms with Gasteiger partial charge in [-0.05, 0) is 37.0 Å². The molecule has 1 aliphatic rings. The van der Waals surface area contributed by atoms with Crippen LogP contribution in [0.2, 0.25) is 5.02 Å². The quantitative estimate of drug-likeness (QED) is 0.676. The van der Waals surface area contributed by atoms with E-state index in [4.69, 9.17) is 11.6 Å². The second kappa shape index (κ2) is 9.11. The van der Waals surface area contributed by atoms with Crippen molar-refractivity contribution in [2.75, 3.05) is 0 Å². The number of rotatable bonds is 6. The van der Waals surface area contributed by atoms with Crippen molar-refractivity contribution in [1.82, 2.24) is 16.0 Å². The Hall–Kier alpha value is -2.53. The van der Waals surface area contributed by atoms with E-state index in [1.807, 2.05) is 55.5 Å². The van der Waals surface area contributed by atoms with Crippen LogP contribution in [0.5, 0.6) is 0 Å². The maximum atomic E-state index is 13.1. The molecule has 5 nitrogen and oxygen atoms in total. The molecule has 0 heterocycles. The number of hydrogen-bond donors (Lipinski definition) is 3. The van der Waals surface area contributed by atoms with Crippen molar-refractivity contribution in [3.63, 3.8) is 0 Å². The third-order valence-corrected chi connectivity index (χ3v) is 5.60. The Balaban J connectivity index is 1.63. The minimum atomic E-state index is -0.879. The van der Waals surface area contributed by atoms with Gasteiger partial charge in [0.1, 0.15) is 5.54 Å². The van der Waals surface area contributed by atoms with E-state index in [-0.39, 0.29) is 18.0 Å². The average Bonchev–Trinajstić information content (AvgIpc) is 3.17. The molecule has 2 aromatic rings. The van der Waals surface area contributed by atoms with Gasteiger partial charge in [-0.25, -0.2) is 4.79 Å². The standard InChI is InChI=1S/C22H26ClN3O2/c1-16(18-11-5-6-12-19(18)23)25-20(27)22(13-7-8-14-22)26-21(28)24-15-17-9-3-2-4-10-17/h2-6,9-12,16H,7-8,13-15H2,1H3,(H,25,27)(H2,24,26,28). The van der Waals surface area contributed by atoms with Crippen LogP contribution in [0.3, 0.4) is 0 Å². The summed E-state index contributed by atoms with van der Waals surface area (Å²) in [6.07, 6.45) is 3.08. The second-order valence-corrected chi connectivity index (χ2v) is 7.71. The molecule has 0 aliphatic heterocycles. The first-order chi connectivity index (χ1) is 13.5. The predicted molar refractivity (Wildman–Crippen MR) is 111 cm³/mol. The number of hydrogen-bond acceptors (Lipinski definition) is 2. The fourth-order valence-electron chi connectivity index (χ4n) is 3.67. The minimum Gasteiger partial charge on any atom is -0.347 e. The van der Waals surface area contributed by atoms with E-state index < -0.39 is 5.54 Å². The van der Waals surface area contributed by atoms with Gasteiger partial charge in [-0.3, -0.25) is 4.79 Å². The molecule has 1 atom stereocenters. The maximum Gasteiger partial charge on any atom is 0.315 e. The van der Waals surface area contributed by atoms with E-state index in [0.29, 0.717) is 24.4 Å². The lowest BCUT2D eigenvalue weighted by molar-refractivity contribution is -0.127. The van der Waals surface area contributed by atoms with Gasteiger partial charge >= 0.3 is 6.03 Å². The molecule has 1 unspecified atom stereocenters. The molecule has 2 aromatic carbocycles. The number of carbonyl (C=O) groups is 2. The molecule has 0 spiro atoms. The Morgan fingerprint density at radius 3 is 2.36 bits per heavy atom. The molecule has 148 valence electrons. The zero-order valence-corrected chi connectivity index (χ0v) is 16.8. The number of halogens is 1. The van der Waals surface area contributed by atoms with Gasteiger partial charge in [-0.15, -0.1) is 0 Å². The van der Waals surface area contributed by atoms with Crippen molar-refractivity contribution in [2.24, 2.45) is 0 Å². The fourth-order valence-corrected chi connectivity index (χ4v) is 3.97. The second-order valence-electron chi connectivity index (χ2n) is 7.30. The van der Waals surface area contributed by atoms with E-state index >= 15 is 0 Å². The lowest BCUT2D eigenvalue weighted by Crippen LogP contribution is -2.59. The van der Waals surface area contributed by atoms with Gasteiger partial charge in [0.15, 0.2) is 0 Å². The Labute approximate surface area is 170 Å². The topological polar surface area (TPSA) is 70.2 Å². The van der Waals surface area contributed by atoms with Crippen LogP contribution in [-0.2, 0) is 11.3 Å². The first kappa shape index (κ1) is 20.2. The Morgan fingerprint density at radius 2 is 1.68 bits per heavy atom. The fraction of sp³-hybridized carbons (Fsp3) is 0.364. The predicted octanol–water partition coefficient (Wildman–Crippen LogP) is 4.33. The molecule has 3 rings (SSSR count). The van der Waals surface area contributed by atoms with Gasteiger partial charge in [-0.2, -0.15) is 0 Å². The van der Waals surface area contributed by atoms with Crippen molar-refractivity contribution < 1.29 is 9.59 Å². The van der Waals surface area contributed by atoms with Gasteiger partial charge in [0, 0.05) is 11.6 Å². The third kappa shape index (κ3) is 4.84. The van der Waals surface area contributed by atoms with Crippen molar-refractivity contribution in [3.8, 4) is 0 Å². The van der Waals surface area contributed by atoms with Crippen LogP contribution in [0, 0.1) is 0 Å².